The van der Waals surface area contributed by atoms with Gasteiger partial charge in [-0.3, -0.25) is 14.7 Å². The number of carbonyl (C=O) groups excluding carboxylic acids is 1. The van der Waals surface area contributed by atoms with E-state index in [0.29, 0.717) is 0 Å². The smallest absolute Gasteiger partial charge is 0.239 e. The molecule has 1 amide bonds. The van der Waals surface area contributed by atoms with E-state index in [0.717, 1.165) is 57.9 Å². The van der Waals surface area contributed by atoms with Crippen LogP contribution in [-0.4, -0.2) is 74.5 Å². The van der Waals surface area contributed by atoms with Crippen molar-refractivity contribution in [3.63, 3.8) is 0 Å². The Morgan fingerprint density at radius 1 is 1.38 bits per heavy atom. The summed E-state index contributed by atoms with van der Waals surface area (Å²) >= 11 is 1.79. The lowest BCUT2D eigenvalue weighted by Gasteiger charge is -2.26. The molecule has 1 atom stereocenters. The fourth-order valence-electron chi connectivity index (χ4n) is 3.52. The van der Waals surface area contributed by atoms with Gasteiger partial charge in [0.25, 0.3) is 0 Å². The zero-order chi connectivity index (χ0) is 20.6. The molecule has 0 aromatic carbocycles. The van der Waals surface area contributed by atoms with E-state index in [-0.39, 0.29) is 41.3 Å². The van der Waals surface area contributed by atoms with Gasteiger partial charge in [0.05, 0.1) is 12.6 Å². The maximum absolute atomic E-state index is 12.3. The van der Waals surface area contributed by atoms with Crippen molar-refractivity contribution in [3.8, 4) is 0 Å². The highest BCUT2D eigenvalue weighted by Crippen LogP contribution is 2.27. The van der Waals surface area contributed by atoms with Crippen LogP contribution in [0.25, 0.3) is 0 Å². The maximum Gasteiger partial charge on any atom is 0.239 e. The van der Waals surface area contributed by atoms with Gasteiger partial charge >= 0.3 is 0 Å². The third-order valence-corrected chi connectivity index (χ3v) is 6.40. The molecule has 1 aliphatic heterocycles. The summed E-state index contributed by atoms with van der Waals surface area (Å²) < 4.78 is 0. The lowest BCUT2D eigenvalue weighted by atomic mass is 9.92. The molecule has 1 fully saturated rings. The van der Waals surface area contributed by atoms with Gasteiger partial charge in [0.15, 0.2) is 5.96 Å². The van der Waals surface area contributed by atoms with E-state index in [1.807, 2.05) is 14.1 Å². The van der Waals surface area contributed by atoms with Crippen LogP contribution in [-0.2, 0) is 10.2 Å². The van der Waals surface area contributed by atoms with Gasteiger partial charge in [0, 0.05) is 44.0 Å². The molecule has 166 valence electrons. The minimum atomic E-state index is 0. The molecular weight excluding hydrogens is 497 g/mol. The van der Waals surface area contributed by atoms with Gasteiger partial charge in [-0.05, 0) is 44.2 Å². The van der Waals surface area contributed by atoms with Crippen molar-refractivity contribution in [2.75, 3.05) is 46.8 Å². The summed E-state index contributed by atoms with van der Waals surface area (Å²) in [6.07, 6.45) is 3.09. The summed E-state index contributed by atoms with van der Waals surface area (Å²) in [7, 11) is 3.69. The fraction of sp³-hybridized carbons (Fsp3) is 0.714. The maximum atomic E-state index is 12.3. The van der Waals surface area contributed by atoms with Gasteiger partial charge in [0.2, 0.25) is 5.91 Å². The van der Waals surface area contributed by atoms with Crippen LogP contribution >= 0.6 is 35.3 Å². The average Bonchev–Trinajstić information content (AvgIpc) is 3.34. The second-order valence-corrected chi connectivity index (χ2v) is 9.21. The summed E-state index contributed by atoms with van der Waals surface area (Å²) in [5.74, 6) is 1.10. The first-order valence-electron chi connectivity index (χ1n) is 10.4. The van der Waals surface area contributed by atoms with E-state index in [1.165, 1.54) is 4.88 Å². The van der Waals surface area contributed by atoms with Crippen LogP contribution in [0.15, 0.2) is 22.5 Å². The lowest BCUT2D eigenvalue weighted by Crippen LogP contribution is -2.44. The first-order valence-corrected chi connectivity index (χ1v) is 11.2. The van der Waals surface area contributed by atoms with Crippen LogP contribution < -0.4 is 10.6 Å². The van der Waals surface area contributed by atoms with Gasteiger partial charge in [-0.1, -0.05) is 19.9 Å². The number of halogens is 1. The Morgan fingerprint density at radius 2 is 2.14 bits per heavy atom. The summed E-state index contributed by atoms with van der Waals surface area (Å²) in [5.41, 5.74) is 0.0336. The van der Waals surface area contributed by atoms with Gasteiger partial charge in [0.1, 0.15) is 0 Å². The number of likely N-dealkylation sites (tertiary alicyclic amines) is 1. The molecule has 2 N–H and O–H groups in total. The van der Waals surface area contributed by atoms with Crippen LogP contribution in [0.4, 0.5) is 0 Å². The zero-order valence-corrected chi connectivity index (χ0v) is 21.7. The number of aliphatic imine (C=N–C) groups is 1. The summed E-state index contributed by atoms with van der Waals surface area (Å²) in [6, 6.07) is 4.34. The molecule has 29 heavy (non-hydrogen) atoms. The number of nitrogens with zero attached hydrogens (tertiary/aromatic N) is 3. The van der Waals surface area contributed by atoms with Crippen LogP contribution in [0.1, 0.15) is 44.9 Å². The van der Waals surface area contributed by atoms with Gasteiger partial charge in [-0.25, -0.2) is 0 Å². The highest BCUT2D eigenvalue weighted by molar-refractivity contribution is 14.0. The van der Waals surface area contributed by atoms with Crippen molar-refractivity contribution >= 4 is 47.2 Å². The van der Waals surface area contributed by atoms with E-state index in [4.69, 9.17) is 4.99 Å². The van der Waals surface area contributed by atoms with Gasteiger partial charge < -0.3 is 15.5 Å². The number of hydrogen-bond acceptors (Lipinski definition) is 4. The highest BCUT2D eigenvalue weighted by Gasteiger charge is 2.31. The molecule has 0 bridgehead atoms. The largest absolute Gasteiger partial charge is 0.357 e. The second-order valence-electron chi connectivity index (χ2n) is 8.26. The van der Waals surface area contributed by atoms with E-state index in [9.17, 15) is 4.79 Å². The van der Waals surface area contributed by atoms with Crippen LogP contribution in [0.2, 0.25) is 0 Å². The highest BCUT2D eigenvalue weighted by atomic mass is 127. The monoisotopic (exact) mass is 535 g/mol. The molecule has 1 saturated heterocycles. The third kappa shape index (κ3) is 8.05. The summed E-state index contributed by atoms with van der Waals surface area (Å²) in [6.45, 7) is 11.0. The van der Waals surface area contributed by atoms with Crippen molar-refractivity contribution in [2.24, 2.45) is 4.99 Å². The van der Waals surface area contributed by atoms with Crippen LogP contribution in [0.3, 0.4) is 0 Å². The molecule has 6 nitrogen and oxygen atoms in total. The number of guanidine groups is 1. The molecular formula is C21H38IN5OS. The van der Waals surface area contributed by atoms with E-state index >= 15 is 0 Å². The van der Waals surface area contributed by atoms with Gasteiger partial charge in [-0.2, -0.15) is 0 Å². The SMILES string of the molecule is CCNC(=NCC(C)(C)c1cccs1)NCCCN1CCCC1C(=O)N(C)C.I. The Labute approximate surface area is 197 Å². The quantitative estimate of drug-likeness (QED) is 0.221. The number of amides is 1. The number of carbonyl (C=O) groups is 1. The topological polar surface area (TPSA) is 60.0 Å². The fourth-order valence-corrected chi connectivity index (χ4v) is 4.36. The van der Waals surface area contributed by atoms with Crippen molar-refractivity contribution in [1.29, 1.82) is 0 Å². The molecule has 1 unspecified atom stereocenters. The predicted molar refractivity (Wildman–Crippen MR) is 135 cm³/mol. The van der Waals surface area contributed by atoms with Crippen molar-refractivity contribution in [3.05, 3.63) is 22.4 Å². The minimum absolute atomic E-state index is 0. The molecule has 1 aromatic rings. The number of hydrogen-bond donors (Lipinski definition) is 2. The molecule has 0 radical (unpaired) electrons. The first-order chi connectivity index (χ1) is 13.3. The third-order valence-electron chi connectivity index (χ3n) is 5.17. The minimum Gasteiger partial charge on any atom is -0.357 e. The van der Waals surface area contributed by atoms with Crippen molar-refractivity contribution in [1.82, 2.24) is 20.4 Å². The summed E-state index contributed by atoms with van der Waals surface area (Å²) in [4.78, 5) is 22.5. The number of rotatable bonds is 9. The normalized spacial score (nSPS) is 17.7. The number of thiophene rings is 1. The van der Waals surface area contributed by atoms with Crippen LogP contribution in [0, 0.1) is 0 Å². The Bertz CT molecular complexity index is 633. The average molecular weight is 536 g/mol. The van der Waals surface area contributed by atoms with Crippen molar-refractivity contribution < 1.29 is 4.79 Å². The molecule has 0 aliphatic carbocycles. The van der Waals surface area contributed by atoms with Crippen LogP contribution in [0.5, 0.6) is 0 Å². The molecule has 0 saturated carbocycles. The Morgan fingerprint density at radius 3 is 2.76 bits per heavy atom. The molecule has 1 aromatic heterocycles. The number of nitrogens with one attached hydrogen (secondary N) is 2. The molecule has 8 heteroatoms. The predicted octanol–water partition coefficient (Wildman–Crippen LogP) is 3.14. The standard InChI is InChI=1S/C21H37N5OS.HI/c1-6-22-20(24-16-21(2,3)18-11-8-15-28-18)23-12-9-14-26-13-7-10-17(26)19(27)25(4)5;/h8,11,15,17H,6-7,9-10,12-14,16H2,1-5H3,(H2,22,23,24);1H. The Balaban J connectivity index is 0.00000420. The molecule has 0 spiro atoms. The van der Waals surface area contributed by atoms with E-state index in [2.05, 4.69) is 53.8 Å². The number of likely N-dealkylation sites (N-methyl/N-ethyl adjacent to an activating group) is 1. The molecule has 1 aliphatic rings. The molecule has 2 rings (SSSR count). The molecule has 2 heterocycles. The van der Waals surface area contributed by atoms with E-state index in [1.54, 1.807) is 16.2 Å². The second kappa shape index (κ2) is 12.7. The van der Waals surface area contributed by atoms with Crippen molar-refractivity contribution in [2.45, 2.75) is 51.5 Å². The van der Waals surface area contributed by atoms with E-state index < -0.39 is 0 Å². The van der Waals surface area contributed by atoms with Gasteiger partial charge in [-0.15, -0.1) is 35.3 Å². The Hall–Kier alpha value is -0.870. The first kappa shape index (κ1) is 26.2. The Kier molecular flexibility index (Phi) is 11.5. The summed E-state index contributed by atoms with van der Waals surface area (Å²) in [5, 5.41) is 8.91. The lowest BCUT2D eigenvalue weighted by molar-refractivity contribution is -0.133. The zero-order valence-electron chi connectivity index (χ0n) is 18.5.